The molecule has 0 aliphatic rings. The standard InChI is InChI=1S/C4H13O11P3/c1-4(12-2)3-13-17(8,9)15-18(10,11)14-16(5,6)7/h4H,3H2,1-2H3,(H,8,9)(H,10,11)(H2,5,6,7). The van der Waals surface area contributed by atoms with Crippen molar-refractivity contribution in [3.05, 3.63) is 0 Å². The lowest BCUT2D eigenvalue weighted by Crippen LogP contribution is -2.13. The second kappa shape index (κ2) is 6.69. The molecule has 18 heavy (non-hydrogen) atoms. The minimum Gasteiger partial charge on any atom is -0.379 e. The Morgan fingerprint density at radius 1 is 1.00 bits per heavy atom. The molecule has 0 aromatic heterocycles. The van der Waals surface area contributed by atoms with Crippen molar-refractivity contribution < 1.29 is 51.2 Å². The lowest BCUT2D eigenvalue weighted by Gasteiger charge is -2.17. The van der Waals surface area contributed by atoms with Gasteiger partial charge < -0.3 is 24.3 Å². The second-order valence-corrected chi connectivity index (χ2v) is 7.35. The van der Waals surface area contributed by atoms with Crippen molar-refractivity contribution in [3.63, 3.8) is 0 Å². The lowest BCUT2D eigenvalue weighted by atomic mass is 10.4. The number of ether oxygens (including phenoxy) is 1. The highest BCUT2D eigenvalue weighted by Crippen LogP contribution is 2.66. The molecule has 14 heteroatoms. The number of methoxy groups -OCH3 is 1. The molecule has 0 bridgehead atoms. The van der Waals surface area contributed by atoms with Crippen LogP contribution in [0, 0.1) is 0 Å². The van der Waals surface area contributed by atoms with E-state index in [0.717, 1.165) is 0 Å². The highest BCUT2D eigenvalue weighted by molar-refractivity contribution is 7.66. The minimum absolute atomic E-state index is 0.458. The van der Waals surface area contributed by atoms with Gasteiger partial charge in [-0.25, -0.2) is 13.7 Å². The van der Waals surface area contributed by atoms with Gasteiger partial charge in [-0.05, 0) is 6.92 Å². The quantitative estimate of drug-likeness (QED) is 0.453. The smallest absolute Gasteiger partial charge is 0.379 e. The van der Waals surface area contributed by atoms with Gasteiger partial charge in [0.05, 0.1) is 12.7 Å². The third-order valence-electron chi connectivity index (χ3n) is 1.29. The topological polar surface area (TPSA) is 169 Å². The van der Waals surface area contributed by atoms with E-state index in [2.05, 4.69) is 17.9 Å². The Balaban J connectivity index is 4.52. The SMILES string of the molecule is COC(C)COP(=O)(O)OP(=O)(O)OP(=O)(O)O. The molecule has 0 aromatic rings. The first-order chi connectivity index (χ1) is 7.87. The van der Waals surface area contributed by atoms with E-state index < -0.39 is 36.2 Å². The van der Waals surface area contributed by atoms with Crippen LogP contribution in [0.4, 0.5) is 0 Å². The summed E-state index contributed by atoms with van der Waals surface area (Å²) in [5.41, 5.74) is 0. The van der Waals surface area contributed by atoms with Crippen molar-refractivity contribution in [2.75, 3.05) is 13.7 Å². The van der Waals surface area contributed by atoms with Crippen LogP contribution in [0.25, 0.3) is 0 Å². The summed E-state index contributed by atoms with van der Waals surface area (Å²) in [5.74, 6) is 0. The van der Waals surface area contributed by atoms with Gasteiger partial charge >= 0.3 is 23.5 Å². The average Bonchev–Trinajstić information content (AvgIpc) is 2.08. The van der Waals surface area contributed by atoms with E-state index in [9.17, 15) is 13.7 Å². The number of hydrogen-bond acceptors (Lipinski definition) is 7. The highest BCUT2D eigenvalue weighted by Gasteiger charge is 2.40. The third-order valence-corrected chi connectivity index (χ3v) is 5.09. The molecule has 110 valence electrons. The van der Waals surface area contributed by atoms with Gasteiger partial charge in [-0.15, -0.1) is 0 Å². The van der Waals surface area contributed by atoms with Crippen LogP contribution in [0.1, 0.15) is 6.92 Å². The summed E-state index contributed by atoms with van der Waals surface area (Å²) in [6, 6.07) is 0. The zero-order chi connectivity index (χ0) is 14.6. The van der Waals surface area contributed by atoms with Crippen LogP contribution in [-0.4, -0.2) is 39.4 Å². The van der Waals surface area contributed by atoms with Gasteiger partial charge in [0, 0.05) is 7.11 Å². The first kappa shape index (κ1) is 18.4. The Kier molecular flexibility index (Phi) is 6.83. The molecule has 4 N–H and O–H groups in total. The predicted octanol–water partition coefficient (Wildman–Crippen LogP) is 0.365. The molecule has 0 saturated heterocycles. The van der Waals surface area contributed by atoms with Gasteiger partial charge in [0.15, 0.2) is 0 Å². The van der Waals surface area contributed by atoms with Crippen LogP contribution in [0.3, 0.4) is 0 Å². The number of hydrogen-bond donors (Lipinski definition) is 4. The summed E-state index contributed by atoms with van der Waals surface area (Å²) in [7, 11) is -14.6. The van der Waals surface area contributed by atoms with Gasteiger partial charge in [0.1, 0.15) is 0 Å². The molecule has 3 unspecified atom stereocenters. The van der Waals surface area contributed by atoms with E-state index in [1.165, 1.54) is 14.0 Å². The molecule has 0 heterocycles. The summed E-state index contributed by atoms with van der Waals surface area (Å²) in [4.78, 5) is 34.3. The van der Waals surface area contributed by atoms with E-state index in [4.69, 9.17) is 19.6 Å². The zero-order valence-electron chi connectivity index (χ0n) is 9.27. The van der Waals surface area contributed by atoms with Crippen LogP contribution >= 0.6 is 23.5 Å². The van der Waals surface area contributed by atoms with Gasteiger partial charge in [0.2, 0.25) is 0 Å². The Morgan fingerprint density at radius 2 is 1.50 bits per heavy atom. The fourth-order valence-corrected chi connectivity index (χ4v) is 3.66. The maximum absolute atomic E-state index is 11.1. The number of phosphoric acid groups is 3. The molecular weight excluding hydrogens is 317 g/mol. The van der Waals surface area contributed by atoms with E-state index in [-0.39, 0.29) is 0 Å². The first-order valence-electron chi connectivity index (χ1n) is 4.18. The fourth-order valence-electron chi connectivity index (χ4n) is 0.570. The number of phosphoric ester groups is 1. The summed E-state index contributed by atoms with van der Waals surface area (Å²) in [6.07, 6.45) is -0.616. The van der Waals surface area contributed by atoms with Crippen molar-refractivity contribution in [2.24, 2.45) is 0 Å². The molecule has 0 aliphatic carbocycles. The molecule has 3 atom stereocenters. The highest BCUT2D eigenvalue weighted by atomic mass is 31.3. The third kappa shape index (κ3) is 9.32. The summed E-state index contributed by atoms with van der Waals surface area (Å²) in [6.45, 7) is 1.00. The largest absolute Gasteiger partial charge is 0.490 e. The summed E-state index contributed by atoms with van der Waals surface area (Å²) < 4.78 is 48.2. The average molecular weight is 330 g/mol. The zero-order valence-corrected chi connectivity index (χ0v) is 12.0. The molecule has 0 radical (unpaired) electrons. The maximum Gasteiger partial charge on any atom is 0.490 e. The van der Waals surface area contributed by atoms with E-state index in [1.807, 2.05) is 0 Å². The van der Waals surface area contributed by atoms with Crippen LogP contribution < -0.4 is 0 Å². The molecule has 11 nitrogen and oxygen atoms in total. The molecule has 0 aromatic carbocycles. The van der Waals surface area contributed by atoms with Crippen molar-refractivity contribution in [1.29, 1.82) is 0 Å². The summed E-state index contributed by atoms with van der Waals surface area (Å²) >= 11 is 0. The van der Waals surface area contributed by atoms with Crippen molar-refractivity contribution in [1.82, 2.24) is 0 Å². The summed E-state index contributed by atoms with van der Waals surface area (Å²) in [5, 5.41) is 0. The van der Waals surface area contributed by atoms with Gasteiger partial charge in [-0.3, -0.25) is 4.52 Å². The Labute approximate surface area is 102 Å². The van der Waals surface area contributed by atoms with Crippen molar-refractivity contribution >= 4 is 23.5 Å². The fraction of sp³-hybridized carbons (Fsp3) is 1.00. The van der Waals surface area contributed by atoms with E-state index >= 15 is 0 Å². The van der Waals surface area contributed by atoms with Crippen LogP contribution in [-0.2, 0) is 31.6 Å². The lowest BCUT2D eigenvalue weighted by molar-refractivity contribution is 0.0569. The van der Waals surface area contributed by atoms with E-state index in [0.29, 0.717) is 0 Å². The molecular formula is C4H13O11P3. The maximum atomic E-state index is 11.1. The van der Waals surface area contributed by atoms with Crippen LogP contribution in [0.15, 0.2) is 0 Å². The molecule has 0 rings (SSSR count). The van der Waals surface area contributed by atoms with Crippen molar-refractivity contribution in [3.8, 4) is 0 Å². The van der Waals surface area contributed by atoms with Crippen LogP contribution in [0.2, 0.25) is 0 Å². The number of rotatable bonds is 8. The Morgan fingerprint density at radius 3 is 1.89 bits per heavy atom. The predicted molar refractivity (Wildman–Crippen MR) is 56.3 cm³/mol. The molecule has 0 fully saturated rings. The second-order valence-electron chi connectivity index (χ2n) is 2.93. The molecule has 0 spiro atoms. The normalized spacial score (nSPS) is 21.0. The van der Waals surface area contributed by atoms with Crippen molar-refractivity contribution in [2.45, 2.75) is 13.0 Å². The first-order valence-corrected chi connectivity index (χ1v) is 8.70. The minimum atomic E-state index is -5.45. The molecule has 0 saturated carbocycles. The Hall–Kier alpha value is 0.370. The Bertz CT molecular complexity index is 399. The van der Waals surface area contributed by atoms with Gasteiger partial charge in [-0.1, -0.05) is 0 Å². The van der Waals surface area contributed by atoms with Crippen LogP contribution in [0.5, 0.6) is 0 Å². The van der Waals surface area contributed by atoms with Gasteiger partial charge in [-0.2, -0.15) is 8.62 Å². The van der Waals surface area contributed by atoms with Gasteiger partial charge in [0.25, 0.3) is 0 Å². The van der Waals surface area contributed by atoms with E-state index in [1.54, 1.807) is 0 Å². The molecule has 0 amide bonds. The monoisotopic (exact) mass is 330 g/mol. The molecule has 0 aliphatic heterocycles.